The average molecular weight is 560 g/mol. The summed E-state index contributed by atoms with van der Waals surface area (Å²) in [5.74, 6) is 2.06. The Hall–Kier alpha value is -5.21. The predicted molar refractivity (Wildman–Crippen MR) is 163 cm³/mol. The molecule has 0 unspecified atom stereocenters. The number of amides is 1. The summed E-state index contributed by atoms with van der Waals surface area (Å²) < 4.78 is 11.5. The van der Waals surface area contributed by atoms with Crippen LogP contribution in [0.5, 0.6) is 17.2 Å². The molecule has 0 saturated heterocycles. The molecule has 0 saturated carbocycles. The van der Waals surface area contributed by atoms with E-state index in [0.29, 0.717) is 51.0 Å². The van der Waals surface area contributed by atoms with Crippen LogP contribution in [0.1, 0.15) is 17.3 Å². The highest BCUT2D eigenvalue weighted by molar-refractivity contribution is 7.17. The van der Waals surface area contributed by atoms with Gasteiger partial charge < -0.3 is 19.8 Å². The Morgan fingerprint density at radius 2 is 1.56 bits per heavy atom. The standard InChI is InChI=1S/C33H25N3O4S/c1-2-39-24-16-18-25(19-17-24)40-28-11-7-6-10-27(28)34-31(37)23-14-12-22(13-15-23)30-35-32(38)29-26(20-41-33(29)36-30)21-8-4-3-5-9-21/h3-20H,2H2,1H3,(H,34,37)(H,35,36,38). The number of nitrogens with zero attached hydrogens (tertiary/aromatic N) is 1. The SMILES string of the molecule is CCOc1ccc(Oc2ccccc2NC(=O)c2ccc(-c3nc4scc(-c5ccccc5)c4c(=O)[nH]3)cc2)cc1. The summed E-state index contributed by atoms with van der Waals surface area (Å²) in [6, 6.07) is 31.3. The van der Waals surface area contributed by atoms with Gasteiger partial charge in [-0.2, -0.15) is 0 Å². The Labute approximate surface area is 240 Å². The molecule has 1 amide bonds. The van der Waals surface area contributed by atoms with E-state index in [-0.39, 0.29) is 11.5 Å². The molecule has 0 bridgehead atoms. The number of nitrogens with one attached hydrogen (secondary N) is 2. The smallest absolute Gasteiger partial charge is 0.260 e. The third-order valence-electron chi connectivity index (χ3n) is 6.45. The fourth-order valence-corrected chi connectivity index (χ4v) is 5.39. The second-order valence-electron chi connectivity index (χ2n) is 9.14. The fraction of sp³-hybridized carbons (Fsp3) is 0.0606. The zero-order valence-corrected chi connectivity index (χ0v) is 22.9. The Morgan fingerprint density at radius 1 is 0.854 bits per heavy atom. The maximum absolute atomic E-state index is 13.1. The van der Waals surface area contributed by atoms with Gasteiger partial charge in [-0.25, -0.2) is 4.98 Å². The first kappa shape index (κ1) is 26.0. The molecule has 0 aliphatic rings. The number of H-pyrrole nitrogens is 1. The Morgan fingerprint density at radius 3 is 2.32 bits per heavy atom. The lowest BCUT2D eigenvalue weighted by molar-refractivity contribution is 0.102. The highest BCUT2D eigenvalue weighted by atomic mass is 32.1. The van der Waals surface area contributed by atoms with E-state index in [1.165, 1.54) is 11.3 Å². The molecule has 4 aromatic carbocycles. The maximum atomic E-state index is 13.1. The summed E-state index contributed by atoms with van der Waals surface area (Å²) in [6.07, 6.45) is 0. The van der Waals surface area contributed by atoms with Crippen LogP contribution < -0.4 is 20.3 Å². The number of aromatic amines is 1. The molecule has 2 N–H and O–H groups in total. The van der Waals surface area contributed by atoms with Crippen LogP contribution in [-0.2, 0) is 0 Å². The summed E-state index contributed by atoms with van der Waals surface area (Å²) in [5.41, 5.74) is 3.34. The zero-order chi connectivity index (χ0) is 28.2. The van der Waals surface area contributed by atoms with Crippen LogP contribution >= 0.6 is 11.3 Å². The number of anilines is 1. The highest BCUT2D eigenvalue weighted by Gasteiger charge is 2.15. The number of carbonyl (C=O) groups is 1. The topological polar surface area (TPSA) is 93.3 Å². The number of para-hydroxylation sites is 2. The molecule has 0 spiro atoms. The number of hydrogen-bond donors (Lipinski definition) is 2. The third kappa shape index (κ3) is 5.59. The van der Waals surface area contributed by atoms with Crippen molar-refractivity contribution in [3.05, 3.63) is 124 Å². The van der Waals surface area contributed by atoms with Crippen molar-refractivity contribution in [2.24, 2.45) is 0 Å². The Bertz CT molecular complexity index is 1880. The monoisotopic (exact) mass is 559 g/mol. The number of aromatic nitrogens is 2. The van der Waals surface area contributed by atoms with Crippen molar-refractivity contribution in [3.8, 4) is 39.8 Å². The molecule has 6 aromatic rings. The van der Waals surface area contributed by atoms with E-state index >= 15 is 0 Å². The number of rotatable bonds is 8. The van der Waals surface area contributed by atoms with Crippen LogP contribution in [0.2, 0.25) is 0 Å². The van der Waals surface area contributed by atoms with Gasteiger partial charge in [0.1, 0.15) is 22.2 Å². The predicted octanol–water partition coefficient (Wildman–Crippen LogP) is 7.76. The van der Waals surface area contributed by atoms with Crippen LogP contribution in [0.25, 0.3) is 32.7 Å². The lowest BCUT2D eigenvalue weighted by atomic mass is 10.1. The lowest BCUT2D eigenvalue weighted by Gasteiger charge is -2.13. The molecular weight excluding hydrogens is 534 g/mol. The Kier molecular flexibility index (Phi) is 7.30. The molecule has 2 heterocycles. The quantitative estimate of drug-likeness (QED) is 0.199. The van der Waals surface area contributed by atoms with Gasteiger partial charge in [-0.15, -0.1) is 11.3 Å². The van der Waals surface area contributed by atoms with Gasteiger partial charge >= 0.3 is 0 Å². The highest BCUT2D eigenvalue weighted by Crippen LogP contribution is 2.32. The van der Waals surface area contributed by atoms with Crippen molar-refractivity contribution in [1.29, 1.82) is 0 Å². The van der Waals surface area contributed by atoms with Crippen molar-refractivity contribution < 1.29 is 14.3 Å². The third-order valence-corrected chi connectivity index (χ3v) is 7.32. The number of benzene rings is 4. The Balaban J connectivity index is 1.19. The molecule has 6 rings (SSSR count). The van der Waals surface area contributed by atoms with Gasteiger partial charge in [-0.05, 0) is 61.0 Å². The molecule has 8 heteroatoms. The van der Waals surface area contributed by atoms with E-state index in [4.69, 9.17) is 14.5 Å². The molecule has 0 fully saturated rings. The van der Waals surface area contributed by atoms with E-state index < -0.39 is 0 Å². The van der Waals surface area contributed by atoms with Crippen LogP contribution in [0.3, 0.4) is 0 Å². The molecule has 0 aliphatic heterocycles. The van der Waals surface area contributed by atoms with Crippen molar-refractivity contribution in [2.75, 3.05) is 11.9 Å². The minimum absolute atomic E-state index is 0.198. The van der Waals surface area contributed by atoms with Gasteiger partial charge in [0.05, 0.1) is 17.7 Å². The van der Waals surface area contributed by atoms with Crippen LogP contribution in [0.15, 0.2) is 113 Å². The van der Waals surface area contributed by atoms with Gasteiger partial charge in [0.25, 0.3) is 11.5 Å². The minimum atomic E-state index is -0.290. The number of carbonyl (C=O) groups excluding carboxylic acids is 1. The largest absolute Gasteiger partial charge is 0.494 e. The molecule has 0 radical (unpaired) electrons. The summed E-state index contributed by atoms with van der Waals surface area (Å²) in [4.78, 5) is 34.4. The first-order chi connectivity index (χ1) is 20.1. The first-order valence-corrected chi connectivity index (χ1v) is 14.0. The van der Waals surface area contributed by atoms with E-state index in [1.54, 1.807) is 36.4 Å². The number of thiophene rings is 1. The molecule has 0 atom stereocenters. The summed E-state index contributed by atoms with van der Waals surface area (Å²) in [5, 5.41) is 5.46. The van der Waals surface area contributed by atoms with Gasteiger partial charge in [-0.1, -0.05) is 54.6 Å². The molecule has 202 valence electrons. The van der Waals surface area contributed by atoms with Crippen molar-refractivity contribution in [3.63, 3.8) is 0 Å². The van der Waals surface area contributed by atoms with Gasteiger partial charge in [0, 0.05) is 22.1 Å². The van der Waals surface area contributed by atoms with E-state index in [2.05, 4.69) is 10.3 Å². The van der Waals surface area contributed by atoms with Gasteiger partial charge in [-0.3, -0.25) is 9.59 Å². The van der Waals surface area contributed by atoms with Crippen molar-refractivity contribution >= 4 is 33.1 Å². The number of hydrogen-bond acceptors (Lipinski definition) is 6. The summed E-state index contributed by atoms with van der Waals surface area (Å²) >= 11 is 1.43. The second kappa shape index (κ2) is 11.5. The van der Waals surface area contributed by atoms with E-state index in [1.807, 2.05) is 79.0 Å². The first-order valence-electron chi connectivity index (χ1n) is 13.1. The van der Waals surface area contributed by atoms with Crippen molar-refractivity contribution in [1.82, 2.24) is 9.97 Å². The normalized spacial score (nSPS) is 10.9. The summed E-state index contributed by atoms with van der Waals surface area (Å²) in [7, 11) is 0. The molecule has 2 aromatic heterocycles. The molecular formula is C33H25N3O4S. The lowest BCUT2D eigenvalue weighted by Crippen LogP contribution is -2.12. The number of ether oxygens (including phenoxy) is 2. The molecule has 41 heavy (non-hydrogen) atoms. The zero-order valence-electron chi connectivity index (χ0n) is 22.1. The average Bonchev–Trinajstić information content (AvgIpc) is 3.45. The van der Waals surface area contributed by atoms with E-state index in [0.717, 1.165) is 16.9 Å². The van der Waals surface area contributed by atoms with Crippen LogP contribution in [0, 0.1) is 0 Å². The van der Waals surface area contributed by atoms with Crippen molar-refractivity contribution in [2.45, 2.75) is 6.92 Å². The van der Waals surface area contributed by atoms with Gasteiger partial charge in [0.15, 0.2) is 5.75 Å². The van der Waals surface area contributed by atoms with E-state index in [9.17, 15) is 9.59 Å². The van der Waals surface area contributed by atoms with Crippen LogP contribution in [0.4, 0.5) is 5.69 Å². The minimum Gasteiger partial charge on any atom is -0.494 e. The van der Waals surface area contributed by atoms with Crippen LogP contribution in [-0.4, -0.2) is 22.5 Å². The second-order valence-corrected chi connectivity index (χ2v) is 10.0. The molecule has 0 aliphatic carbocycles. The molecule has 7 nitrogen and oxygen atoms in total. The van der Waals surface area contributed by atoms with Gasteiger partial charge in [0.2, 0.25) is 0 Å². The number of fused-ring (bicyclic) bond motifs is 1. The fourth-order valence-electron chi connectivity index (χ4n) is 4.45. The summed E-state index contributed by atoms with van der Waals surface area (Å²) in [6.45, 7) is 2.52. The maximum Gasteiger partial charge on any atom is 0.260 e.